The number of anilines is 1. The van der Waals surface area contributed by atoms with Crippen LogP contribution in [0.25, 0.3) is 11.3 Å². The number of halogens is 1. The first-order valence-corrected chi connectivity index (χ1v) is 8.56. The third-order valence-corrected chi connectivity index (χ3v) is 4.68. The molecule has 3 nitrogen and oxygen atoms in total. The minimum atomic E-state index is 0.0432. The van der Waals surface area contributed by atoms with E-state index in [1.54, 1.807) is 0 Å². The van der Waals surface area contributed by atoms with E-state index < -0.39 is 0 Å². The van der Waals surface area contributed by atoms with Gasteiger partial charge in [-0.25, -0.2) is 4.98 Å². The first kappa shape index (κ1) is 14.5. The van der Waals surface area contributed by atoms with E-state index in [-0.39, 0.29) is 5.91 Å². The Balaban J connectivity index is 1.64. The summed E-state index contributed by atoms with van der Waals surface area (Å²) in [5, 5.41) is 5.53. The molecule has 1 atom stereocenters. The summed E-state index contributed by atoms with van der Waals surface area (Å²) in [6.45, 7) is 0. The first-order chi connectivity index (χ1) is 10.2. The summed E-state index contributed by atoms with van der Waals surface area (Å²) in [6.07, 6.45) is 6.99. The van der Waals surface area contributed by atoms with E-state index in [1.165, 1.54) is 11.3 Å². The average molecular weight is 363 g/mol. The Hall–Kier alpha value is -1.46. The van der Waals surface area contributed by atoms with Crippen LogP contribution in [-0.2, 0) is 4.79 Å². The molecule has 0 saturated heterocycles. The van der Waals surface area contributed by atoms with Gasteiger partial charge in [0.15, 0.2) is 5.13 Å². The molecule has 21 heavy (non-hydrogen) atoms. The van der Waals surface area contributed by atoms with E-state index in [0.717, 1.165) is 28.6 Å². The Kier molecular flexibility index (Phi) is 4.51. The highest BCUT2D eigenvalue weighted by atomic mass is 79.9. The monoisotopic (exact) mass is 362 g/mol. The first-order valence-electron chi connectivity index (χ1n) is 6.89. The van der Waals surface area contributed by atoms with Crippen LogP contribution in [-0.4, -0.2) is 10.9 Å². The molecule has 1 heterocycles. The third kappa shape index (κ3) is 3.80. The number of aromatic nitrogens is 1. The summed E-state index contributed by atoms with van der Waals surface area (Å²) in [5.41, 5.74) is 1.93. The Morgan fingerprint density at radius 1 is 1.48 bits per heavy atom. The summed E-state index contributed by atoms with van der Waals surface area (Å²) < 4.78 is 1.02. The van der Waals surface area contributed by atoms with Gasteiger partial charge in [-0.05, 0) is 30.9 Å². The molecule has 1 amide bonds. The van der Waals surface area contributed by atoms with Crippen LogP contribution in [0.4, 0.5) is 5.13 Å². The van der Waals surface area contributed by atoms with Gasteiger partial charge in [-0.15, -0.1) is 11.3 Å². The van der Waals surface area contributed by atoms with Crippen molar-refractivity contribution in [1.82, 2.24) is 4.98 Å². The number of thiazole rings is 1. The summed E-state index contributed by atoms with van der Waals surface area (Å²) in [6, 6.07) is 7.98. The molecule has 2 aromatic rings. The van der Waals surface area contributed by atoms with Gasteiger partial charge in [0.2, 0.25) is 5.91 Å². The van der Waals surface area contributed by atoms with Gasteiger partial charge in [0.05, 0.1) is 5.69 Å². The van der Waals surface area contributed by atoms with E-state index in [2.05, 4.69) is 38.4 Å². The molecule has 1 unspecified atom stereocenters. The van der Waals surface area contributed by atoms with Crippen molar-refractivity contribution in [2.45, 2.75) is 19.3 Å². The second-order valence-electron chi connectivity index (χ2n) is 5.07. The normalized spacial score (nSPS) is 17.1. The largest absolute Gasteiger partial charge is 0.302 e. The molecule has 1 aliphatic rings. The fourth-order valence-electron chi connectivity index (χ4n) is 2.39. The van der Waals surface area contributed by atoms with Crippen molar-refractivity contribution in [3.8, 4) is 11.3 Å². The molecule has 0 aliphatic heterocycles. The molecule has 1 N–H and O–H groups in total. The molecule has 1 aliphatic carbocycles. The zero-order valence-corrected chi connectivity index (χ0v) is 13.8. The molecule has 0 saturated carbocycles. The van der Waals surface area contributed by atoms with Gasteiger partial charge >= 0.3 is 0 Å². The second-order valence-corrected chi connectivity index (χ2v) is 6.84. The van der Waals surface area contributed by atoms with Crippen LogP contribution in [0.3, 0.4) is 0 Å². The molecule has 0 spiro atoms. The minimum Gasteiger partial charge on any atom is -0.302 e. The maximum absolute atomic E-state index is 12.0. The van der Waals surface area contributed by atoms with E-state index in [4.69, 9.17) is 0 Å². The summed E-state index contributed by atoms with van der Waals surface area (Å²) in [4.78, 5) is 16.5. The minimum absolute atomic E-state index is 0.0432. The predicted molar refractivity (Wildman–Crippen MR) is 90.4 cm³/mol. The quantitative estimate of drug-likeness (QED) is 0.788. The molecular weight excluding hydrogens is 348 g/mol. The van der Waals surface area contributed by atoms with Crippen molar-refractivity contribution in [3.05, 3.63) is 46.3 Å². The van der Waals surface area contributed by atoms with Gasteiger partial charge in [-0.1, -0.05) is 40.2 Å². The number of hydrogen-bond acceptors (Lipinski definition) is 3. The van der Waals surface area contributed by atoms with Gasteiger partial charge in [0, 0.05) is 21.8 Å². The Morgan fingerprint density at radius 3 is 3.14 bits per heavy atom. The van der Waals surface area contributed by atoms with E-state index in [0.29, 0.717) is 17.5 Å². The van der Waals surface area contributed by atoms with E-state index >= 15 is 0 Å². The highest BCUT2D eigenvalue weighted by Crippen LogP contribution is 2.27. The van der Waals surface area contributed by atoms with Crippen molar-refractivity contribution in [3.63, 3.8) is 0 Å². The number of nitrogens with one attached hydrogen (secondary N) is 1. The number of carbonyl (C=O) groups excluding carboxylic acids is 1. The van der Waals surface area contributed by atoms with Crippen molar-refractivity contribution in [2.75, 3.05) is 5.32 Å². The zero-order valence-electron chi connectivity index (χ0n) is 11.4. The fraction of sp³-hybridized carbons (Fsp3) is 0.250. The highest BCUT2D eigenvalue weighted by Gasteiger charge is 2.15. The number of rotatable bonds is 4. The Morgan fingerprint density at radius 2 is 2.38 bits per heavy atom. The van der Waals surface area contributed by atoms with Crippen LogP contribution >= 0.6 is 27.3 Å². The van der Waals surface area contributed by atoms with Gasteiger partial charge in [0.25, 0.3) is 0 Å². The van der Waals surface area contributed by atoms with Crippen molar-refractivity contribution in [1.29, 1.82) is 0 Å². The molecular formula is C16H15BrN2OS. The maximum Gasteiger partial charge on any atom is 0.226 e. The van der Waals surface area contributed by atoms with Gasteiger partial charge in [0.1, 0.15) is 0 Å². The lowest BCUT2D eigenvalue weighted by Gasteiger charge is -2.06. The smallest absolute Gasteiger partial charge is 0.226 e. The number of allylic oxidation sites excluding steroid dienone is 2. The van der Waals surface area contributed by atoms with Crippen LogP contribution in [0.15, 0.2) is 46.3 Å². The van der Waals surface area contributed by atoms with Gasteiger partial charge in [-0.2, -0.15) is 0 Å². The van der Waals surface area contributed by atoms with Crippen LogP contribution in [0.5, 0.6) is 0 Å². The topological polar surface area (TPSA) is 42.0 Å². The standard InChI is InChI=1S/C16H15BrN2OS/c17-13-7-3-6-12(9-13)14-10-21-16(18-14)19-15(20)8-11-4-1-2-5-11/h1,3-4,6-7,9-11H,2,5,8H2,(H,18,19,20). The number of carbonyl (C=O) groups is 1. The lowest BCUT2D eigenvalue weighted by Crippen LogP contribution is -2.14. The molecule has 108 valence electrons. The molecule has 5 heteroatoms. The Bertz CT molecular complexity index is 680. The molecule has 1 aromatic carbocycles. The summed E-state index contributed by atoms with van der Waals surface area (Å²) >= 11 is 4.91. The molecule has 0 radical (unpaired) electrons. The van der Waals surface area contributed by atoms with Crippen LogP contribution < -0.4 is 5.32 Å². The zero-order chi connectivity index (χ0) is 14.7. The van der Waals surface area contributed by atoms with Crippen molar-refractivity contribution >= 4 is 38.3 Å². The highest BCUT2D eigenvalue weighted by molar-refractivity contribution is 9.10. The summed E-state index contributed by atoms with van der Waals surface area (Å²) in [7, 11) is 0. The van der Waals surface area contributed by atoms with Crippen LogP contribution in [0.1, 0.15) is 19.3 Å². The molecule has 3 rings (SSSR count). The molecule has 1 aromatic heterocycles. The van der Waals surface area contributed by atoms with Crippen LogP contribution in [0, 0.1) is 5.92 Å². The second kappa shape index (κ2) is 6.54. The van der Waals surface area contributed by atoms with Gasteiger partial charge < -0.3 is 5.32 Å². The maximum atomic E-state index is 12.0. The van der Waals surface area contributed by atoms with Crippen molar-refractivity contribution < 1.29 is 4.79 Å². The lowest BCUT2D eigenvalue weighted by atomic mass is 10.1. The third-order valence-electron chi connectivity index (χ3n) is 3.43. The van der Waals surface area contributed by atoms with E-state index in [1.807, 2.05) is 29.6 Å². The number of hydrogen-bond donors (Lipinski definition) is 1. The lowest BCUT2D eigenvalue weighted by molar-refractivity contribution is -0.116. The fourth-order valence-corrected chi connectivity index (χ4v) is 3.52. The summed E-state index contributed by atoms with van der Waals surface area (Å²) in [5.74, 6) is 0.427. The number of amides is 1. The van der Waals surface area contributed by atoms with Gasteiger partial charge in [-0.3, -0.25) is 4.79 Å². The average Bonchev–Trinajstić information content (AvgIpc) is 3.10. The number of benzene rings is 1. The predicted octanol–water partition coefficient (Wildman–Crippen LogP) is 4.87. The number of nitrogens with zero attached hydrogens (tertiary/aromatic N) is 1. The van der Waals surface area contributed by atoms with Crippen molar-refractivity contribution in [2.24, 2.45) is 5.92 Å². The molecule has 0 fully saturated rings. The van der Waals surface area contributed by atoms with E-state index in [9.17, 15) is 4.79 Å². The molecule has 0 bridgehead atoms. The Labute approximate surface area is 136 Å². The van der Waals surface area contributed by atoms with Crippen LogP contribution in [0.2, 0.25) is 0 Å². The SMILES string of the molecule is O=C(CC1C=CCC1)Nc1nc(-c2cccc(Br)c2)cs1.